The summed E-state index contributed by atoms with van der Waals surface area (Å²) in [6.07, 6.45) is 1.56. The Balaban J connectivity index is 2.24. The molecule has 21 heavy (non-hydrogen) atoms. The fourth-order valence-corrected chi connectivity index (χ4v) is 2.89. The molecular weight excluding hydrogens is 274 g/mol. The summed E-state index contributed by atoms with van der Waals surface area (Å²) in [6.45, 7) is 5.98. The normalized spacial score (nSPS) is 27.0. The third kappa shape index (κ3) is 2.21. The van der Waals surface area contributed by atoms with Gasteiger partial charge < -0.3 is 15.2 Å². The first-order valence-electron chi connectivity index (χ1n) is 6.91. The highest BCUT2D eigenvalue weighted by Crippen LogP contribution is 2.51. The molecule has 0 saturated heterocycles. The molecule has 2 N–H and O–H groups in total. The van der Waals surface area contributed by atoms with E-state index in [0.717, 1.165) is 0 Å². The molecule has 2 atom stereocenters. The van der Waals surface area contributed by atoms with Gasteiger partial charge in [0.25, 0.3) is 5.91 Å². The van der Waals surface area contributed by atoms with E-state index in [1.165, 1.54) is 10.9 Å². The van der Waals surface area contributed by atoms with Gasteiger partial charge in [0.2, 0.25) is 0 Å². The van der Waals surface area contributed by atoms with Crippen molar-refractivity contribution in [1.82, 2.24) is 15.1 Å². The van der Waals surface area contributed by atoms with E-state index in [-0.39, 0.29) is 12.5 Å². The highest BCUT2D eigenvalue weighted by atomic mass is 16.5. The minimum atomic E-state index is -1.33. The number of amides is 1. The molecule has 1 amide bonds. The molecule has 116 valence electrons. The van der Waals surface area contributed by atoms with E-state index < -0.39 is 22.8 Å². The third-order valence-electron chi connectivity index (χ3n) is 4.51. The molecule has 1 aromatic heterocycles. The van der Waals surface area contributed by atoms with Crippen LogP contribution >= 0.6 is 0 Å². The van der Waals surface area contributed by atoms with Crippen LogP contribution < -0.4 is 5.32 Å². The predicted octanol–water partition coefficient (Wildman–Crippen LogP) is 0.808. The van der Waals surface area contributed by atoms with Gasteiger partial charge in [0, 0.05) is 31.7 Å². The van der Waals surface area contributed by atoms with Gasteiger partial charge >= 0.3 is 5.97 Å². The molecule has 1 heterocycles. The number of carbonyl (C=O) groups is 2. The second-order valence-corrected chi connectivity index (χ2v) is 5.87. The minimum Gasteiger partial charge on any atom is -0.479 e. The first-order valence-corrected chi connectivity index (χ1v) is 6.91. The van der Waals surface area contributed by atoms with E-state index >= 15 is 0 Å². The molecule has 2 rings (SSSR count). The van der Waals surface area contributed by atoms with Gasteiger partial charge in [-0.15, -0.1) is 0 Å². The lowest BCUT2D eigenvalue weighted by atomic mass is 9.54. The number of hydrogen-bond donors (Lipinski definition) is 2. The van der Waals surface area contributed by atoms with Gasteiger partial charge in [-0.2, -0.15) is 5.10 Å². The average Bonchev–Trinajstić information content (AvgIpc) is 2.83. The van der Waals surface area contributed by atoms with Gasteiger partial charge in [0.05, 0.1) is 6.10 Å². The molecule has 0 aromatic carbocycles. The maximum Gasteiger partial charge on any atom is 0.330 e. The summed E-state index contributed by atoms with van der Waals surface area (Å²) < 4.78 is 6.98. The van der Waals surface area contributed by atoms with Crippen LogP contribution in [0.1, 0.15) is 37.7 Å². The van der Waals surface area contributed by atoms with Crippen LogP contribution in [0.4, 0.5) is 0 Å². The molecule has 0 radical (unpaired) electrons. The Bertz CT molecular complexity index is 566. The van der Waals surface area contributed by atoms with Crippen LogP contribution in [0.2, 0.25) is 0 Å². The lowest BCUT2D eigenvalue weighted by Crippen LogP contribution is -2.76. The van der Waals surface area contributed by atoms with Gasteiger partial charge in [-0.25, -0.2) is 4.79 Å². The molecule has 0 spiro atoms. The molecule has 1 aromatic rings. The summed E-state index contributed by atoms with van der Waals surface area (Å²) in [4.78, 5) is 24.1. The molecule has 0 aliphatic heterocycles. The zero-order chi connectivity index (χ0) is 15.8. The average molecular weight is 295 g/mol. The Hall–Kier alpha value is -1.89. The summed E-state index contributed by atoms with van der Waals surface area (Å²) in [7, 11) is 1.64. The maximum atomic E-state index is 12.3. The highest BCUT2D eigenvalue weighted by molar-refractivity contribution is 5.97. The van der Waals surface area contributed by atoms with Crippen molar-refractivity contribution in [3.8, 4) is 0 Å². The number of rotatable bonds is 5. The highest BCUT2D eigenvalue weighted by Gasteiger charge is 2.66. The number of ether oxygens (including phenoxy) is 1. The second-order valence-electron chi connectivity index (χ2n) is 5.87. The third-order valence-corrected chi connectivity index (χ3v) is 4.51. The van der Waals surface area contributed by atoms with Crippen LogP contribution in [0, 0.1) is 5.41 Å². The number of aryl methyl sites for hydroxylation is 1. The Morgan fingerprint density at radius 1 is 1.57 bits per heavy atom. The van der Waals surface area contributed by atoms with Crippen LogP contribution in [-0.4, -0.2) is 45.0 Å². The van der Waals surface area contributed by atoms with E-state index in [4.69, 9.17) is 4.74 Å². The van der Waals surface area contributed by atoms with Crippen LogP contribution in [0.15, 0.2) is 12.3 Å². The predicted molar refractivity (Wildman–Crippen MR) is 74.9 cm³/mol. The fraction of sp³-hybridized carbons (Fsp3) is 0.643. The molecule has 7 heteroatoms. The number of nitrogens with zero attached hydrogens (tertiary/aromatic N) is 2. The summed E-state index contributed by atoms with van der Waals surface area (Å²) in [5.41, 5.74) is -1.69. The standard InChI is InChI=1S/C14H21N3O4/c1-5-21-10-8-14(12(19)20,13(10,2)3)16-11(18)9-6-7-15-17(9)4/h6-7,10H,5,8H2,1-4H3,(H,16,18)(H,19,20). The van der Waals surface area contributed by atoms with Crippen molar-refractivity contribution in [2.24, 2.45) is 12.5 Å². The van der Waals surface area contributed by atoms with Crippen molar-refractivity contribution in [2.45, 2.75) is 38.8 Å². The zero-order valence-corrected chi connectivity index (χ0v) is 12.7. The van der Waals surface area contributed by atoms with Crippen molar-refractivity contribution < 1.29 is 19.4 Å². The number of carboxylic acid groups (broad SMARTS) is 1. The number of carbonyl (C=O) groups excluding carboxylic acids is 1. The number of hydrogen-bond acceptors (Lipinski definition) is 4. The van der Waals surface area contributed by atoms with E-state index in [1.807, 2.05) is 6.92 Å². The van der Waals surface area contributed by atoms with Gasteiger partial charge in [-0.1, -0.05) is 13.8 Å². The van der Waals surface area contributed by atoms with Gasteiger partial charge in [0.1, 0.15) is 11.2 Å². The van der Waals surface area contributed by atoms with Crippen LogP contribution in [-0.2, 0) is 16.6 Å². The van der Waals surface area contributed by atoms with Gasteiger partial charge in [0.15, 0.2) is 0 Å². The maximum absolute atomic E-state index is 12.3. The quantitative estimate of drug-likeness (QED) is 0.838. The van der Waals surface area contributed by atoms with Crippen molar-refractivity contribution in [1.29, 1.82) is 0 Å². The first kappa shape index (κ1) is 15.5. The topological polar surface area (TPSA) is 93.5 Å². The van der Waals surface area contributed by atoms with E-state index in [0.29, 0.717) is 12.3 Å². The largest absolute Gasteiger partial charge is 0.479 e. The van der Waals surface area contributed by atoms with E-state index in [9.17, 15) is 14.7 Å². The van der Waals surface area contributed by atoms with Crippen LogP contribution in [0.5, 0.6) is 0 Å². The lowest BCUT2D eigenvalue weighted by molar-refractivity contribution is -0.190. The van der Waals surface area contributed by atoms with Crippen LogP contribution in [0.3, 0.4) is 0 Å². The Kier molecular flexibility index (Phi) is 3.79. The monoisotopic (exact) mass is 295 g/mol. The molecule has 1 fully saturated rings. The summed E-state index contributed by atoms with van der Waals surface area (Å²) >= 11 is 0. The summed E-state index contributed by atoms with van der Waals surface area (Å²) in [5.74, 6) is -1.49. The molecule has 1 aliphatic carbocycles. The first-order chi connectivity index (χ1) is 9.76. The summed E-state index contributed by atoms with van der Waals surface area (Å²) in [5, 5.41) is 16.2. The Morgan fingerprint density at radius 3 is 2.67 bits per heavy atom. The van der Waals surface area contributed by atoms with Gasteiger partial charge in [-0.3, -0.25) is 9.48 Å². The molecule has 0 bridgehead atoms. The van der Waals surface area contributed by atoms with Crippen molar-refractivity contribution >= 4 is 11.9 Å². The van der Waals surface area contributed by atoms with Crippen molar-refractivity contribution in [3.63, 3.8) is 0 Å². The molecular formula is C14H21N3O4. The van der Waals surface area contributed by atoms with E-state index in [2.05, 4.69) is 10.4 Å². The van der Waals surface area contributed by atoms with Crippen molar-refractivity contribution in [3.05, 3.63) is 18.0 Å². The second kappa shape index (κ2) is 5.14. The van der Waals surface area contributed by atoms with Gasteiger partial charge in [-0.05, 0) is 13.0 Å². The molecule has 1 aliphatic rings. The molecule has 7 nitrogen and oxygen atoms in total. The van der Waals surface area contributed by atoms with Crippen LogP contribution in [0.25, 0.3) is 0 Å². The SMILES string of the molecule is CCOC1CC(NC(=O)c2ccnn2C)(C(=O)O)C1(C)C. The zero-order valence-electron chi connectivity index (χ0n) is 12.7. The number of aromatic nitrogens is 2. The molecule has 2 unspecified atom stereocenters. The fourth-order valence-electron chi connectivity index (χ4n) is 2.89. The Morgan fingerprint density at radius 2 is 2.24 bits per heavy atom. The summed E-state index contributed by atoms with van der Waals surface area (Å²) in [6, 6.07) is 1.55. The minimum absolute atomic E-state index is 0.189. The Labute approximate surface area is 123 Å². The number of carboxylic acids is 1. The number of nitrogens with one attached hydrogen (secondary N) is 1. The van der Waals surface area contributed by atoms with Crippen molar-refractivity contribution in [2.75, 3.05) is 6.61 Å². The lowest BCUT2D eigenvalue weighted by Gasteiger charge is -2.58. The van der Waals surface area contributed by atoms with E-state index in [1.54, 1.807) is 27.0 Å². The smallest absolute Gasteiger partial charge is 0.330 e. The molecule has 1 saturated carbocycles. The number of aliphatic carboxylic acids is 1.